The van der Waals surface area contributed by atoms with E-state index in [1.807, 2.05) is 13.0 Å². The third-order valence-electron chi connectivity index (χ3n) is 4.57. The summed E-state index contributed by atoms with van der Waals surface area (Å²) in [5.41, 5.74) is 1.17. The monoisotopic (exact) mass is 527 g/mol. The zero-order chi connectivity index (χ0) is 17.4. The molecular weight excluding hydrogens is 500 g/mol. The predicted octanol–water partition coefficient (Wildman–Crippen LogP) is 4.47. The molecule has 1 aliphatic carbocycles. The second-order valence-electron chi connectivity index (χ2n) is 6.42. The van der Waals surface area contributed by atoms with Gasteiger partial charge in [0, 0.05) is 31.3 Å². The maximum atomic E-state index is 13.5. The molecule has 0 aromatic heterocycles. The molecule has 0 atom stereocenters. The molecule has 7 heteroatoms. The summed E-state index contributed by atoms with van der Waals surface area (Å²) in [4.78, 5) is 4.58. The summed E-state index contributed by atoms with van der Waals surface area (Å²) in [6.07, 6.45) is 4.84. The molecule has 0 saturated heterocycles. The summed E-state index contributed by atoms with van der Waals surface area (Å²) >= 11 is 3.32. The minimum Gasteiger partial charge on any atom is -0.385 e. The number of benzene rings is 1. The second-order valence-corrected chi connectivity index (χ2v) is 7.34. The Labute approximate surface area is 175 Å². The van der Waals surface area contributed by atoms with Crippen LogP contribution < -0.4 is 10.6 Å². The Balaban J connectivity index is 0.00000312. The van der Waals surface area contributed by atoms with E-state index in [2.05, 4.69) is 31.6 Å². The fourth-order valence-corrected chi connectivity index (χ4v) is 3.51. The number of hydrogen-bond acceptors (Lipinski definition) is 2. The first-order valence-electron chi connectivity index (χ1n) is 8.53. The third-order valence-corrected chi connectivity index (χ3v) is 5.03. The van der Waals surface area contributed by atoms with Gasteiger partial charge in [-0.05, 0) is 55.4 Å². The lowest BCUT2D eigenvalue weighted by Crippen LogP contribution is -2.46. The van der Waals surface area contributed by atoms with Crippen LogP contribution in [0.25, 0.3) is 0 Å². The van der Waals surface area contributed by atoms with Gasteiger partial charge >= 0.3 is 0 Å². The van der Waals surface area contributed by atoms with Crippen molar-refractivity contribution in [2.24, 2.45) is 10.4 Å². The average Bonchev–Trinajstić information content (AvgIpc) is 2.50. The lowest BCUT2D eigenvalue weighted by molar-refractivity contribution is 0.0732. The maximum Gasteiger partial charge on any atom is 0.191 e. The Hall–Kier alpha value is -0.410. The summed E-state index contributed by atoms with van der Waals surface area (Å²) in [5.74, 6) is 0.530. The second kappa shape index (κ2) is 11.3. The van der Waals surface area contributed by atoms with Crippen LogP contribution >= 0.6 is 39.9 Å². The molecule has 1 saturated carbocycles. The zero-order valence-corrected chi connectivity index (χ0v) is 18.8. The standard InChI is InChI=1S/C18H27BrFN3O.HI/c1-3-21-17(22-12-14-9-15(19)11-16(20)10-14)23-13-18(5-4-6-18)7-8-24-2;/h9-11H,3-8,12-13H2,1-2H3,(H2,21,22,23);1H. The van der Waals surface area contributed by atoms with Crippen LogP contribution in [0.15, 0.2) is 27.7 Å². The molecule has 1 fully saturated rings. The molecule has 0 spiro atoms. The molecule has 0 bridgehead atoms. The fourth-order valence-electron chi connectivity index (χ4n) is 3.00. The molecule has 0 heterocycles. The average molecular weight is 528 g/mol. The first-order chi connectivity index (χ1) is 11.6. The molecule has 142 valence electrons. The van der Waals surface area contributed by atoms with Gasteiger partial charge in [-0.1, -0.05) is 22.4 Å². The predicted molar refractivity (Wildman–Crippen MR) is 115 cm³/mol. The number of methoxy groups -OCH3 is 1. The van der Waals surface area contributed by atoms with E-state index in [0.717, 1.165) is 42.1 Å². The summed E-state index contributed by atoms with van der Waals surface area (Å²) < 4.78 is 19.4. The normalized spacial score (nSPS) is 15.9. The Morgan fingerprint density at radius 1 is 1.32 bits per heavy atom. The Morgan fingerprint density at radius 3 is 2.64 bits per heavy atom. The summed E-state index contributed by atoms with van der Waals surface area (Å²) in [7, 11) is 1.75. The van der Waals surface area contributed by atoms with Crippen molar-refractivity contribution in [1.82, 2.24) is 10.6 Å². The highest BCUT2D eigenvalue weighted by molar-refractivity contribution is 14.0. The minimum absolute atomic E-state index is 0. The van der Waals surface area contributed by atoms with Gasteiger partial charge in [0.15, 0.2) is 5.96 Å². The minimum atomic E-state index is -0.250. The molecule has 1 aliphatic rings. The number of rotatable bonds is 8. The van der Waals surface area contributed by atoms with Crippen molar-refractivity contribution in [2.45, 2.75) is 39.2 Å². The smallest absolute Gasteiger partial charge is 0.191 e. The summed E-state index contributed by atoms with van der Waals surface area (Å²) in [5, 5.41) is 6.71. The van der Waals surface area contributed by atoms with Crippen LogP contribution in [0.3, 0.4) is 0 Å². The maximum absolute atomic E-state index is 13.5. The third kappa shape index (κ3) is 7.38. The van der Waals surface area contributed by atoms with Crippen LogP contribution in [0.2, 0.25) is 0 Å². The summed E-state index contributed by atoms with van der Waals surface area (Å²) in [6.45, 7) is 4.97. The highest BCUT2D eigenvalue weighted by Gasteiger charge is 2.36. The molecule has 1 aromatic rings. The fraction of sp³-hybridized carbons (Fsp3) is 0.611. The molecule has 1 aromatic carbocycles. The number of hydrogen-bond donors (Lipinski definition) is 2. The van der Waals surface area contributed by atoms with Gasteiger partial charge in [-0.2, -0.15) is 0 Å². The van der Waals surface area contributed by atoms with E-state index in [-0.39, 0.29) is 29.8 Å². The van der Waals surface area contributed by atoms with Crippen LogP contribution in [0, 0.1) is 11.2 Å². The number of ether oxygens (including phenoxy) is 1. The van der Waals surface area contributed by atoms with Crippen molar-refractivity contribution >= 4 is 45.9 Å². The van der Waals surface area contributed by atoms with Gasteiger partial charge in [0.05, 0.1) is 6.54 Å². The van der Waals surface area contributed by atoms with Crippen molar-refractivity contribution in [2.75, 3.05) is 26.8 Å². The van der Waals surface area contributed by atoms with Gasteiger partial charge in [-0.25, -0.2) is 9.38 Å². The molecular formula is C18H28BrFIN3O. The van der Waals surface area contributed by atoms with E-state index in [1.54, 1.807) is 7.11 Å². The van der Waals surface area contributed by atoms with Crippen LogP contribution in [-0.2, 0) is 11.3 Å². The van der Waals surface area contributed by atoms with Gasteiger partial charge in [-0.3, -0.25) is 0 Å². The van der Waals surface area contributed by atoms with Crippen molar-refractivity contribution in [1.29, 1.82) is 0 Å². The van der Waals surface area contributed by atoms with Crippen molar-refractivity contribution in [3.8, 4) is 0 Å². The number of guanidine groups is 1. The largest absolute Gasteiger partial charge is 0.385 e. The Morgan fingerprint density at radius 2 is 2.08 bits per heavy atom. The van der Waals surface area contributed by atoms with E-state index in [1.165, 1.54) is 31.4 Å². The van der Waals surface area contributed by atoms with Gasteiger partial charge in [-0.15, -0.1) is 24.0 Å². The topological polar surface area (TPSA) is 45.7 Å². The van der Waals surface area contributed by atoms with E-state index in [4.69, 9.17) is 4.74 Å². The first-order valence-corrected chi connectivity index (χ1v) is 9.32. The van der Waals surface area contributed by atoms with E-state index in [9.17, 15) is 4.39 Å². The van der Waals surface area contributed by atoms with Crippen molar-refractivity contribution < 1.29 is 9.13 Å². The molecule has 0 radical (unpaired) electrons. The molecule has 2 rings (SSSR count). The number of nitrogens with one attached hydrogen (secondary N) is 2. The van der Waals surface area contributed by atoms with Gasteiger partial charge in [0.25, 0.3) is 0 Å². The quantitative estimate of drug-likeness (QED) is 0.298. The number of halogens is 3. The van der Waals surface area contributed by atoms with Crippen LogP contribution in [-0.4, -0.2) is 32.8 Å². The lowest BCUT2D eigenvalue weighted by Gasteiger charge is -2.42. The highest BCUT2D eigenvalue weighted by atomic mass is 127. The summed E-state index contributed by atoms with van der Waals surface area (Å²) in [6, 6.07) is 4.86. The molecule has 25 heavy (non-hydrogen) atoms. The molecule has 0 aliphatic heterocycles. The molecule has 0 amide bonds. The highest BCUT2D eigenvalue weighted by Crippen LogP contribution is 2.43. The number of nitrogens with zero attached hydrogens (tertiary/aromatic N) is 1. The van der Waals surface area contributed by atoms with E-state index in [0.29, 0.717) is 12.0 Å². The molecule has 2 N–H and O–H groups in total. The Kier molecular flexibility index (Phi) is 10.3. The van der Waals surface area contributed by atoms with Crippen molar-refractivity contribution in [3.63, 3.8) is 0 Å². The zero-order valence-electron chi connectivity index (χ0n) is 14.9. The van der Waals surface area contributed by atoms with Gasteiger partial charge < -0.3 is 15.4 Å². The lowest BCUT2D eigenvalue weighted by atomic mass is 9.67. The van der Waals surface area contributed by atoms with Crippen LogP contribution in [0.4, 0.5) is 4.39 Å². The van der Waals surface area contributed by atoms with Gasteiger partial charge in [0.1, 0.15) is 5.82 Å². The Bertz CT molecular complexity index is 547. The van der Waals surface area contributed by atoms with Crippen LogP contribution in [0.5, 0.6) is 0 Å². The van der Waals surface area contributed by atoms with E-state index < -0.39 is 0 Å². The molecule has 0 unspecified atom stereocenters. The van der Waals surface area contributed by atoms with Crippen LogP contribution in [0.1, 0.15) is 38.2 Å². The SMILES string of the molecule is CCNC(=NCc1cc(F)cc(Br)c1)NCC1(CCOC)CCC1.I. The van der Waals surface area contributed by atoms with E-state index >= 15 is 0 Å². The number of aliphatic imine (C=N–C) groups is 1. The first kappa shape index (κ1) is 22.6. The van der Waals surface area contributed by atoms with Crippen molar-refractivity contribution in [3.05, 3.63) is 34.1 Å². The molecule has 4 nitrogen and oxygen atoms in total. The van der Waals surface area contributed by atoms with Gasteiger partial charge in [0.2, 0.25) is 0 Å².